The van der Waals surface area contributed by atoms with Gasteiger partial charge in [0.15, 0.2) is 5.11 Å². The molecule has 0 unspecified atom stereocenters. The van der Waals surface area contributed by atoms with Crippen LogP contribution < -0.4 is 15.0 Å². The molecule has 6 nitrogen and oxygen atoms in total. The van der Waals surface area contributed by atoms with Crippen molar-refractivity contribution in [1.29, 1.82) is 0 Å². The maximum Gasteiger partial charge on any atom is 0.270 e. The number of aromatic hydroxyl groups is 1. The van der Waals surface area contributed by atoms with Crippen LogP contribution >= 0.6 is 28.1 Å². The summed E-state index contributed by atoms with van der Waals surface area (Å²) in [5.74, 6) is -0.624. The summed E-state index contributed by atoms with van der Waals surface area (Å²) in [7, 11) is 1.54. The molecule has 3 rings (SSSR count). The van der Waals surface area contributed by atoms with Crippen molar-refractivity contribution in [3.63, 3.8) is 0 Å². The van der Waals surface area contributed by atoms with E-state index in [0.29, 0.717) is 21.5 Å². The molecule has 0 saturated carbocycles. The van der Waals surface area contributed by atoms with Gasteiger partial charge in [0.1, 0.15) is 17.1 Å². The zero-order valence-corrected chi connectivity index (χ0v) is 15.9. The lowest BCUT2D eigenvalue weighted by molar-refractivity contribution is -0.122. The van der Waals surface area contributed by atoms with E-state index in [-0.39, 0.29) is 16.4 Å². The Morgan fingerprint density at radius 1 is 1.19 bits per heavy atom. The first kappa shape index (κ1) is 18.1. The van der Waals surface area contributed by atoms with Gasteiger partial charge < -0.3 is 9.84 Å². The van der Waals surface area contributed by atoms with E-state index < -0.39 is 11.8 Å². The highest BCUT2D eigenvalue weighted by atomic mass is 79.9. The first-order valence-electron chi connectivity index (χ1n) is 7.44. The van der Waals surface area contributed by atoms with Gasteiger partial charge in [-0.25, -0.2) is 0 Å². The number of carbonyl (C=O) groups excluding carboxylic acids is 2. The number of thiocarbonyl (C=S) groups is 1. The highest BCUT2D eigenvalue weighted by Gasteiger charge is 2.34. The number of carbonyl (C=O) groups is 2. The summed E-state index contributed by atoms with van der Waals surface area (Å²) in [6.07, 6.45) is 1.33. The lowest BCUT2D eigenvalue weighted by atomic mass is 10.1. The second kappa shape index (κ2) is 7.27. The molecule has 0 aliphatic carbocycles. The molecule has 132 valence electrons. The fourth-order valence-corrected chi connectivity index (χ4v) is 3.08. The number of phenols is 1. The summed E-state index contributed by atoms with van der Waals surface area (Å²) in [4.78, 5) is 26.4. The first-order valence-corrected chi connectivity index (χ1v) is 8.65. The van der Waals surface area contributed by atoms with Crippen molar-refractivity contribution in [2.24, 2.45) is 0 Å². The van der Waals surface area contributed by atoms with E-state index in [0.717, 1.165) is 0 Å². The van der Waals surface area contributed by atoms with E-state index in [2.05, 4.69) is 21.2 Å². The van der Waals surface area contributed by atoms with Crippen molar-refractivity contribution in [3.05, 3.63) is 58.1 Å². The molecular weight excluding hydrogens is 420 g/mol. The molecular formula is C18H13BrN2O4S. The van der Waals surface area contributed by atoms with Gasteiger partial charge in [0.05, 0.1) is 12.8 Å². The Labute approximate surface area is 163 Å². The second-order valence-corrected chi connectivity index (χ2v) is 6.66. The number of nitrogens with zero attached hydrogens (tertiary/aromatic N) is 1. The molecule has 1 saturated heterocycles. The standard InChI is InChI=1S/C18H13BrN2O4S/c1-25-13-5-3-12(4-6-13)21-17(24)14(16(23)20-18(21)26)9-10-8-11(19)2-7-15(10)22/h2-9,22H,1H3,(H,20,23,26)/b14-9-. The average molecular weight is 433 g/mol. The van der Waals surface area contributed by atoms with Crippen LogP contribution in [0.5, 0.6) is 11.5 Å². The predicted molar refractivity (Wildman–Crippen MR) is 105 cm³/mol. The number of benzene rings is 2. The number of methoxy groups -OCH3 is 1. The van der Waals surface area contributed by atoms with Gasteiger partial charge in [-0.2, -0.15) is 0 Å². The van der Waals surface area contributed by atoms with Crippen molar-refractivity contribution in [1.82, 2.24) is 5.32 Å². The van der Waals surface area contributed by atoms with Crippen LogP contribution in [0.3, 0.4) is 0 Å². The second-order valence-electron chi connectivity index (χ2n) is 5.36. The highest BCUT2D eigenvalue weighted by Crippen LogP contribution is 2.27. The first-order chi connectivity index (χ1) is 12.4. The van der Waals surface area contributed by atoms with Crippen LogP contribution in [0.15, 0.2) is 52.5 Å². The van der Waals surface area contributed by atoms with Gasteiger partial charge in [-0.3, -0.25) is 19.8 Å². The molecule has 1 fully saturated rings. The Balaban J connectivity index is 2.02. The monoisotopic (exact) mass is 432 g/mol. The zero-order chi connectivity index (χ0) is 18.8. The molecule has 1 heterocycles. The number of nitrogens with one attached hydrogen (secondary N) is 1. The van der Waals surface area contributed by atoms with Gasteiger partial charge in [-0.05, 0) is 60.8 Å². The van der Waals surface area contributed by atoms with Crippen LogP contribution in [-0.2, 0) is 9.59 Å². The fourth-order valence-electron chi connectivity index (χ4n) is 2.42. The zero-order valence-electron chi connectivity index (χ0n) is 13.5. The van der Waals surface area contributed by atoms with Gasteiger partial charge in [0.25, 0.3) is 11.8 Å². The number of phenolic OH excluding ortho intramolecular Hbond substituents is 1. The molecule has 1 aliphatic heterocycles. The number of hydrogen-bond donors (Lipinski definition) is 2. The summed E-state index contributed by atoms with van der Waals surface area (Å²) in [5, 5.41) is 12.5. The van der Waals surface area contributed by atoms with Crippen molar-refractivity contribution in [2.45, 2.75) is 0 Å². The number of anilines is 1. The number of ether oxygens (including phenoxy) is 1. The SMILES string of the molecule is COc1ccc(N2C(=O)/C(=C\c3cc(Br)ccc3O)C(=O)NC2=S)cc1. The third-order valence-electron chi connectivity index (χ3n) is 3.72. The van der Waals surface area contributed by atoms with E-state index >= 15 is 0 Å². The lowest BCUT2D eigenvalue weighted by Crippen LogP contribution is -2.54. The van der Waals surface area contributed by atoms with Crippen LogP contribution in [0.1, 0.15) is 5.56 Å². The van der Waals surface area contributed by atoms with Crippen LogP contribution in [0.4, 0.5) is 5.69 Å². The Morgan fingerprint density at radius 2 is 1.88 bits per heavy atom. The largest absolute Gasteiger partial charge is 0.507 e. The Kier molecular flexibility index (Phi) is 5.06. The number of halogens is 1. The van der Waals surface area contributed by atoms with Gasteiger partial charge in [-0.1, -0.05) is 15.9 Å². The Bertz CT molecular complexity index is 941. The predicted octanol–water partition coefficient (Wildman–Crippen LogP) is 2.99. The van der Waals surface area contributed by atoms with E-state index in [1.807, 2.05) is 0 Å². The maximum atomic E-state index is 12.9. The molecule has 26 heavy (non-hydrogen) atoms. The number of rotatable bonds is 3. The van der Waals surface area contributed by atoms with Crippen LogP contribution in [0.2, 0.25) is 0 Å². The molecule has 2 aromatic carbocycles. The molecule has 2 aromatic rings. The lowest BCUT2D eigenvalue weighted by Gasteiger charge is -2.29. The van der Waals surface area contributed by atoms with Crippen molar-refractivity contribution in [3.8, 4) is 11.5 Å². The summed E-state index contributed by atoms with van der Waals surface area (Å²) in [6.45, 7) is 0. The van der Waals surface area contributed by atoms with Gasteiger partial charge in [-0.15, -0.1) is 0 Å². The normalized spacial score (nSPS) is 16.0. The minimum absolute atomic E-state index is 0.0132. The average Bonchev–Trinajstić information content (AvgIpc) is 2.62. The topological polar surface area (TPSA) is 78.9 Å². The summed E-state index contributed by atoms with van der Waals surface area (Å²) in [6, 6.07) is 11.4. The molecule has 2 amide bonds. The van der Waals surface area contributed by atoms with Crippen molar-refractivity contribution < 1.29 is 19.4 Å². The molecule has 0 spiro atoms. The quantitative estimate of drug-likeness (QED) is 0.442. The Morgan fingerprint density at radius 3 is 2.54 bits per heavy atom. The van der Waals surface area contributed by atoms with Crippen molar-refractivity contribution >= 4 is 56.8 Å². The Hall–Kier alpha value is -2.71. The van der Waals surface area contributed by atoms with Crippen molar-refractivity contribution in [2.75, 3.05) is 12.0 Å². The summed E-state index contributed by atoms with van der Waals surface area (Å²) in [5.41, 5.74) is 0.688. The molecule has 0 atom stereocenters. The van der Waals surface area contributed by atoms with Crippen LogP contribution in [0.25, 0.3) is 6.08 Å². The van der Waals surface area contributed by atoms with E-state index in [9.17, 15) is 14.7 Å². The third-order valence-corrected chi connectivity index (χ3v) is 4.50. The smallest absolute Gasteiger partial charge is 0.270 e. The van der Waals surface area contributed by atoms with E-state index in [1.165, 1.54) is 24.2 Å². The molecule has 1 aliphatic rings. The molecule has 8 heteroatoms. The molecule has 2 N–H and O–H groups in total. The van der Waals surface area contributed by atoms with Gasteiger partial charge in [0, 0.05) is 10.0 Å². The third kappa shape index (κ3) is 3.47. The van der Waals surface area contributed by atoms with E-state index in [1.54, 1.807) is 36.4 Å². The summed E-state index contributed by atoms with van der Waals surface area (Å²) < 4.78 is 5.80. The van der Waals surface area contributed by atoms with Gasteiger partial charge >= 0.3 is 0 Å². The number of amides is 2. The maximum absolute atomic E-state index is 12.9. The minimum atomic E-state index is -0.621. The van der Waals surface area contributed by atoms with Crippen LogP contribution in [0, 0.1) is 0 Å². The fraction of sp³-hybridized carbons (Fsp3) is 0.0556. The minimum Gasteiger partial charge on any atom is -0.507 e. The number of hydrogen-bond acceptors (Lipinski definition) is 5. The highest BCUT2D eigenvalue weighted by molar-refractivity contribution is 9.10. The molecule has 0 radical (unpaired) electrons. The molecule has 0 aromatic heterocycles. The van der Waals surface area contributed by atoms with Gasteiger partial charge in [0.2, 0.25) is 0 Å². The van der Waals surface area contributed by atoms with E-state index in [4.69, 9.17) is 17.0 Å². The van der Waals surface area contributed by atoms with Crippen LogP contribution in [-0.4, -0.2) is 29.1 Å². The molecule has 0 bridgehead atoms. The summed E-state index contributed by atoms with van der Waals surface area (Å²) >= 11 is 8.44.